The molecular weight excluding hydrogens is 284 g/mol. The first-order valence-electron chi connectivity index (χ1n) is 6.70. The molecule has 0 unspecified atom stereocenters. The second-order valence-corrected chi connectivity index (χ2v) is 6.10. The molecular formula is C15H16N4OS. The number of nitrogens with zero attached hydrogens (tertiary/aromatic N) is 3. The van der Waals surface area contributed by atoms with Crippen molar-refractivity contribution >= 4 is 32.6 Å². The summed E-state index contributed by atoms with van der Waals surface area (Å²) >= 11 is 1.49. The van der Waals surface area contributed by atoms with Crippen LogP contribution in [0.2, 0.25) is 0 Å². The highest BCUT2D eigenvalue weighted by molar-refractivity contribution is 7.22. The third-order valence-electron chi connectivity index (χ3n) is 3.26. The van der Waals surface area contributed by atoms with Gasteiger partial charge in [0, 0.05) is 5.69 Å². The predicted octanol–water partition coefficient (Wildman–Crippen LogP) is 3.06. The van der Waals surface area contributed by atoms with E-state index in [1.54, 1.807) is 4.68 Å². The van der Waals surface area contributed by atoms with Gasteiger partial charge >= 0.3 is 0 Å². The van der Waals surface area contributed by atoms with Gasteiger partial charge in [0.25, 0.3) is 0 Å². The van der Waals surface area contributed by atoms with Crippen LogP contribution >= 0.6 is 11.3 Å². The van der Waals surface area contributed by atoms with Crippen LogP contribution in [-0.2, 0) is 11.3 Å². The molecule has 0 aliphatic rings. The number of fused-ring (bicyclic) bond motifs is 1. The number of benzene rings is 1. The molecule has 0 saturated carbocycles. The molecule has 3 aromatic rings. The average molecular weight is 300 g/mol. The van der Waals surface area contributed by atoms with Crippen LogP contribution in [0.15, 0.2) is 24.3 Å². The number of aryl methyl sites for hydroxylation is 3. The van der Waals surface area contributed by atoms with Gasteiger partial charge in [-0.05, 0) is 38.5 Å². The van der Waals surface area contributed by atoms with E-state index in [4.69, 9.17) is 0 Å². The second kappa shape index (κ2) is 5.29. The Balaban J connectivity index is 1.77. The minimum atomic E-state index is -0.113. The lowest BCUT2D eigenvalue weighted by atomic mass is 10.2. The smallest absolute Gasteiger partial charge is 0.247 e. The lowest BCUT2D eigenvalue weighted by molar-refractivity contribution is -0.116. The Hall–Kier alpha value is -2.21. The van der Waals surface area contributed by atoms with Gasteiger partial charge in [-0.15, -0.1) is 0 Å². The quantitative estimate of drug-likeness (QED) is 0.808. The zero-order chi connectivity index (χ0) is 15.0. The Morgan fingerprint density at radius 1 is 1.33 bits per heavy atom. The summed E-state index contributed by atoms with van der Waals surface area (Å²) in [7, 11) is 0. The number of amides is 1. The van der Waals surface area contributed by atoms with Crippen LogP contribution in [0.3, 0.4) is 0 Å². The van der Waals surface area contributed by atoms with E-state index < -0.39 is 0 Å². The standard InChI is InChI=1S/C15H16N4OS/c1-9-5-4-6-12-14(9)17-15(21-12)16-13(20)8-19-11(3)7-10(2)18-19/h4-7H,8H2,1-3H3,(H,16,17,20). The third-order valence-corrected chi connectivity index (χ3v) is 4.20. The summed E-state index contributed by atoms with van der Waals surface area (Å²) in [5.74, 6) is -0.113. The number of thiazole rings is 1. The summed E-state index contributed by atoms with van der Waals surface area (Å²) in [5, 5.41) is 7.77. The molecule has 3 rings (SSSR count). The lowest BCUT2D eigenvalue weighted by Gasteiger charge is -2.03. The van der Waals surface area contributed by atoms with Crippen molar-refractivity contribution in [3.63, 3.8) is 0 Å². The molecule has 108 valence electrons. The molecule has 1 aromatic carbocycles. The molecule has 0 saturated heterocycles. The van der Waals surface area contributed by atoms with Crippen LogP contribution in [0.1, 0.15) is 17.0 Å². The van der Waals surface area contributed by atoms with E-state index in [1.165, 1.54) is 11.3 Å². The van der Waals surface area contributed by atoms with Crippen molar-refractivity contribution < 1.29 is 4.79 Å². The van der Waals surface area contributed by atoms with Gasteiger partial charge < -0.3 is 5.32 Å². The van der Waals surface area contributed by atoms with Crippen LogP contribution < -0.4 is 5.32 Å². The molecule has 0 bridgehead atoms. The number of rotatable bonds is 3. The van der Waals surface area contributed by atoms with E-state index in [1.807, 2.05) is 45.0 Å². The van der Waals surface area contributed by atoms with Gasteiger partial charge in [0.2, 0.25) is 5.91 Å². The largest absolute Gasteiger partial charge is 0.300 e. The molecule has 2 aromatic heterocycles. The highest BCUT2D eigenvalue weighted by Crippen LogP contribution is 2.27. The number of nitrogens with one attached hydrogen (secondary N) is 1. The maximum absolute atomic E-state index is 12.1. The first-order chi connectivity index (χ1) is 10.0. The summed E-state index contributed by atoms with van der Waals surface area (Å²) in [6.07, 6.45) is 0. The number of aromatic nitrogens is 3. The van der Waals surface area contributed by atoms with E-state index in [2.05, 4.69) is 15.4 Å². The topological polar surface area (TPSA) is 59.8 Å². The number of hydrogen-bond donors (Lipinski definition) is 1. The number of anilines is 1. The highest BCUT2D eigenvalue weighted by atomic mass is 32.1. The highest BCUT2D eigenvalue weighted by Gasteiger charge is 2.11. The molecule has 6 heteroatoms. The summed E-state index contributed by atoms with van der Waals surface area (Å²) in [5.41, 5.74) is 3.95. The maximum atomic E-state index is 12.1. The fourth-order valence-electron chi connectivity index (χ4n) is 2.27. The number of hydrogen-bond acceptors (Lipinski definition) is 4. The first kappa shape index (κ1) is 13.8. The fraction of sp³-hybridized carbons (Fsp3) is 0.267. The van der Waals surface area contributed by atoms with Crippen LogP contribution in [0.4, 0.5) is 5.13 Å². The van der Waals surface area contributed by atoms with E-state index in [0.29, 0.717) is 5.13 Å². The molecule has 0 spiro atoms. The van der Waals surface area contributed by atoms with E-state index in [9.17, 15) is 4.79 Å². The summed E-state index contributed by atoms with van der Waals surface area (Å²) < 4.78 is 2.78. The monoisotopic (exact) mass is 300 g/mol. The van der Waals surface area contributed by atoms with Crippen molar-refractivity contribution in [3.8, 4) is 0 Å². The zero-order valence-electron chi connectivity index (χ0n) is 12.2. The minimum Gasteiger partial charge on any atom is -0.300 e. The van der Waals surface area contributed by atoms with Crippen molar-refractivity contribution in [2.24, 2.45) is 0 Å². The van der Waals surface area contributed by atoms with E-state index in [0.717, 1.165) is 27.2 Å². The van der Waals surface area contributed by atoms with Gasteiger partial charge in [-0.2, -0.15) is 5.10 Å². The van der Waals surface area contributed by atoms with E-state index in [-0.39, 0.29) is 12.5 Å². The Bertz CT molecular complexity index is 818. The molecule has 0 aliphatic carbocycles. The third kappa shape index (κ3) is 2.80. The van der Waals surface area contributed by atoms with Crippen LogP contribution in [0.5, 0.6) is 0 Å². The molecule has 0 aliphatic heterocycles. The first-order valence-corrected chi connectivity index (χ1v) is 7.51. The van der Waals surface area contributed by atoms with Crippen LogP contribution in [0, 0.1) is 20.8 Å². The molecule has 5 nitrogen and oxygen atoms in total. The average Bonchev–Trinajstić information content (AvgIpc) is 2.94. The normalized spacial score (nSPS) is 11.0. The number of carbonyl (C=O) groups is 1. The Morgan fingerprint density at radius 2 is 2.14 bits per heavy atom. The summed E-state index contributed by atoms with van der Waals surface area (Å²) in [6, 6.07) is 7.98. The fourth-order valence-corrected chi connectivity index (χ4v) is 3.23. The van der Waals surface area contributed by atoms with Gasteiger partial charge in [-0.25, -0.2) is 4.98 Å². The SMILES string of the molecule is Cc1cc(C)n(CC(=O)Nc2nc3c(C)cccc3s2)n1. The van der Waals surface area contributed by atoms with Crippen molar-refractivity contribution in [1.29, 1.82) is 0 Å². The predicted molar refractivity (Wildman–Crippen MR) is 84.7 cm³/mol. The van der Waals surface area contributed by atoms with Crippen molar-refractivity contribution in [2.75, 3.05) is 5.32 Å². The number of para-hydroxylation sites is 1. The van der Waals surface area contributed by atoms with Gasteiger partial charge in [0.05, 0.1) is 15.9 Å². The van der Waals surface area contributed by atoms with Gasteiger partial charge in [-0.3, -0.25) is 9.48 Å². The van der Waals surface area contributed by atoms with Crippen molar-refractivity contribution in [1.82, 2.24) is 14.8 Å². The molecule has 1 N–H and O–H groups in total. The Morgan fingerprint density at radius 3 is 2.81 bits per heavy atom. The summed E-state index contributed by atoms with van der Waals surface area (Å²) in [4.78, 5) is 16.6. The lowest BCUT2D eigenvalue weighted by Crippen LogP contribution is -2.20. The molecule has 21 heavy (non-hydrogen) atoms. The van der Waals surface area contributed by atoms with Crippen LogP contribution in [0.25, 0.3) is 10.2 Å². The Kier molecular flexibility index (Phi) is 3.47. The van der Waals surface area contributed by atoms with Gasteiger partial charge in [-0.1, -0.05) is 23.5 Å². The molecule has 2 heterocycles. The van der Waals surface area contributed by atoms with Crippen molar-refractivity contribution in [2.45, 2.75) is 27.3 Å². The molecule has 0 radical (unpaired) electrons. The molecule has 0 fully saturated rings. The molecule has 1 amide bonds. The maximum Gasteiger partial charge on any atom is 0.247 e. The summed E-state index contributed by atoms with van der Waals surface area (Å²) in [6.45, 7) is 6.07. The zero-order valence-corrected chi connectivity index (χ0v) is 13.0. The van der Waals surface area contributed by atoms with Gasteiger partial charge in [0.1, 0.15) is 6.54 Å². The molecule has 0 atom stereocenters. The van der Waals surface area contributed by atoms with E-state index >= 15 is 0 Å². The minimum absolute atomic E-state index is 0.113. The van der Waals surface area contributed by atoms with Crippen LogP contribution in [-0.4, -0.2) is 20.7 Å². The van der Waals surface area contributed by atoms with Crippen molar-refractivity contribution in [3.05, 3.63) is 41.2 Å². The van der Waals surface area contributed by atoms with Gasteiger partial charge in [0.15, 0.2) is 5.13 Å². The number of carbonyl (C=O) groups excluding carboxylic acids is 1. The second-order valence-electron chi connectivity index (χ2n) is 5.07. The Labute approximate surface area is 126 Å².